The third kappa shape index (κ3) is 3.36. The lowest BCUT2D eigenvalue weighted by Crippen LogP contribution is -2.66. The highest BCUT2D eigenvalue weighted by Crippen LogP contribution is 2.46. The molecule has 1 saturated heterocycles. The Labute approximate surface area is 172 Å². The van der Waals surface area contributed by atoms with Crippen LogP contribution in [0.4, 0.5) is 0 Å². The molecule has 6 nitrogen and oxygen atoms in total. The van der Waals surface area contributed by atoms with Gasteiger partial charge >= 0.3 is 5.97 Å². The molecule has 1 unspecified atom stereocenters. The summed E-state index contributed by atoms with van der Waals surface area (Å²) in [5.74, 6) is -1.03. The summed E-state index contributed by atoms with van der Waals surface area (Å²) in [4.78, 5) is 39.8. The van der Waals surface area contributed by atoms with E-state index in [2.05, 4.69) is 0 Å². The van der Waals surface area contributed by atoms with Crippen LogP contribution in [-0.4, -0.2) is 46.6 Å². The first-order chi connectivity index (χ1) is 14.0. The number of rotatable bonds is 5. The quantitative estimate of drug-likeness (QED) is 0.429. The van der Waals surface area contributed by atoms with E-state index in [0.717, 1.165) is 0 Å². The van der Waals surface area contributed by atoms with Gasteiger partial charge in [-0.15, -0.1) is 0 Å². The molecule has 4 rings (SSSR count). The van der Waals surface area contributed by atoms with Gasteiger partial charge in [0.05, 0.1) is 11.3 Å². The van der Waals surface area contributed by atoms with Gasteiger partial charge in [-0.3, -0.25) is 14.5 Å². The molecule has 0 bridgehead atoms. The van der Waals surface area contributed by atoms with Crippen molar-refractivity contribution in [2.24, 2.45) is 0 Å². The third-order valence-electron chi connectivity index (χ3n) is 4.95. The number of carbonyl (C=O) groups excluding carboxylic acids is 3. The Hall–Kier alpha value is -2.90. The van der Waals surface area contributed by atoms with Crippen LogP contribution in [0.1, 0.15) is 27.6 Å². The maximum Gasteiger partial charge on any atom is 0.339 e. The van der Waals surface area contributed by atoms with E-state index in [1.165, 1.54) is 23.8 Å². The first-order valence-electron chi connectivity index (χ1n) is 9.11. The van der Waals surface area contributed by atoms with Crippen molar-refractivity contribution in [3.8, 4) is 0 Å². The van der Waals surface area contributed by atoms with Gasteiger partial charge in [-0.25, -0.2) is 4.79 Å². The zero-order valence-corrected chi connectivity index (χ0v) is 16.7. The van der Waals surface area contributed by atoms with Crippen LogP contribution in [0.2, 0.25) is 0 Å². The van der Waals surface area contributed by atoms with Gasteiger partial charge < -0.3 is 9.47 Å². The molecule has 0 aromatic heterocycles. The smallest absolute Gasteiger partial charge is 0.339 e. The Morgan fingerprint density at radius 2 is 1.55 bits per heavy atom. The van der Waals surface area contributed by atoms with Gasteiger partial charge in [-0.1, -0.05) is 60.3 Å². The number of Topliss-reactive ketones (excluding diaryl/α,β-unsaturated/α-hetero) is 1. The number of ketones is 1. The molecule has 1 amide bonds. The van der Waals surface area contributed by atoms with Crippen molar-refractivity contribution in [1.82, 2.24) is 4.90 Å². The van der Waals surface area contributed by atoms with E-state index < -0.39 is 22.9 Å². The molecule has 2 heterocycles. The fraction of sp³-hybridized carbons (Fsp3) is 0.227. The highest BCUT2D eigenvalue weighted by Gasteiger charge is 2.56. The van der Waals surface area contributed by atoms with Crippen LogP contribution in [0.15, 0.2) is 71.9 Å². The highest BCUT2D eigenvalue weighted by molar-refractivity contribution is 8.00. The summed E-state index contributed by atoms with van der Waals surface area (Å²) in [5.41, 5.74) is 0.982. The summed E-state index contributed by atoms with van der Waals surface area (Å²) in [6.45, 7) is 1.72. The average molecular weight is 409 g/mol. The lowest BCUT2D eigenvalue weighted by atomic mass is 9.98. The zero-order chi connectivity index (χ0) is 20.5. The summed E-state index contributed by atoms with van der Waals surface area (Å²) in [7, 11) is 1.45. The predicted molar refractivity (Wildman–Crippen MR) is 108 cm³/mol. The Morgan fingerprint density at radius 3 is 2.14 bits per heavy atom. The predicted octanol–water partition coefficient (Wildman–Crippen LogP) is 3.26. The topological polar surface area (TPSA) is 72.9 Å². The standard InChI is InChI=1S/C22H19NO5S/c1-13-16(17(24)14-9-5-3-6-10-14)23-19(25)18(27-2)20(23)29-22(13)28-21(26)15-11-7-4-8-12-15/h3-12,18,20,22H,1-2H3/t18-,20+,22?/m0/s1. The number of hydrogen-bond donors (Lipinski definition) is 0. The van der Waals surface area contributed by atoms with Crippen molar-refractivity contribution in [2.45, 2.75) is 23.8 Å². The van der Waals surface area contributed by atoms with Crippen LogP contribution in [-0.2, 0) is 14.3 Å². The number of fused-ring (bicyclic) bond motifs is 1. The van der Waals surface area contributed by atoms with Crippen LogP contribution < -0.4 is 0 Å². The van der Waals surface area contributed by atoms with Gasteiger partial charge in [0.2, 0.25) is 5.78 Å². The molecule has 0 aliphatic carbocycles. The van der Waals surface area contributed by atoms with Crippen molar-refractivity contribution < 1.29 is 23.9 Å². The van der Waals surface area contributed by atoms with Gasteiger partial charge in [0.25, 0.3) is 5.91 Å². The van der Waals surface area contributed by atoms with Crippen LogP contribution >= 0.6 is 11.8 Å². The molecule has 0 saturated carbocycles. The minimum Gasteiger partial charge on any atom is -0.443 e. The maximum absolute atomic E-state index is 13.2. The number of hydrogen-bond acceptors (Lipinski definition) is 6. The summed E-state index contributed by atoms with van der Waals surface area (Å²) in [6, 6.07) is 17.4. The second-order valence-electron chi connectivity index (χ2n) is 6.72. The van der Waals surface area contributed by atoms with E-state index in [1.807, 2.05) is 12.1 Å². The summed E-state index contributed by atoms with van der Waals surface area (Å²) < 4.78 is 11.0. The molecule has 0 N–H and O–H groups in total. The van der Waals surface area contributed by atoms with Crippen LogP contribution in [0.5, 0.6) is 0 Å². The Kier molecular flexibility index (Phi) is 5.25. The van der Waals surface area contributed by atoms with Gasteiger partial charge in [0.1, 0.15) is 5.37 Å². The SMILES string of the molecule is CO[C@H]1C(=O)N2C(C(=O)c3ccccc3)=C(C)C(OC(=O)c3ccccc3)S[C@H]12. The first-order valence-corrected chi connectivity index (χ1v) is 10.0. The molecule has 0 spiro atoms. The van der Waals surface area contributed by atoms with Gasteiger partial charge in [0.15, 0.2) is 11.5 Å². The van der Waals surface area contributed by atoms with Crippen molar-refractivity contribution in [3.63, 3.8) is 0 Å². The number of nitrogens with zero attached hydrogens (tertiary/aromatic N) is 1. The second-order valence-corrected chi connectivity index (χ2v) is 7.90. The highest BCUT2D eigenvalue weighted by atomic mass is 32.2. The number of allylic oxidation sites excluding steroid dienone is 1. The number of esters is 1. The number of β-lactam (4-membered cyclic amide) rings is 1. The molecule has 2 aromatic carbocycles. The van der Waals surface area contributed by atoms with Crippen LogP contribution in [0.25, 0.3) is 0 Å². The lowest BCUT2D eigenvalue weighted by Gasteiger charge is -2.50. The van der Waals surface area contributed by atoms with Crippen LogP contribution in [0.3, 0.4) is 0 Å². The molecular weight excluding hydrogens is 390 g/mol. The maximum atomic E-state index is 13.2. The molecule has 2 aliphatic heterocycles. The van der Waals surface area contributed by atoms with Gasteiger partial charge in [-0.2, -0.15) is 0 Å². The number of amides is 1. The fourth-order valence-corrected chi connectivity index (χ4v) is 4.84. The average Bonchev–Trinajstić information content (AvgIpc) is 2.76. The molecule has 7 heteroatoms. The number of ether oxygens (including phenoxy) is 2. The summed E-state index contributed by atoms with van der Waals surface area (Å²) in [6.07, 6.45) is -0.676. The van der Waals surface area contributed by atoms with Crippen molar-refractivity contribution >= 4 is 29.4 Å². The van der Waals surface area contributed by atoms with E-state index in [9.17, 15) is 14.4 Å². The number of carbonyl (C=O) groups is 3. The van der Waals surface area contributed by atoms with Crippen LogP contribution in [0, 0.1) is 0 Å². The van der Waals surface area contributed by atoms with Gasteiger partial charge in [-0.05, 0) is 19.1 Å². The minimum atomic E-state index is -0.697. The van der Waals surface area contributed by atoms with E-state index >= 15 is 0 Å². The Bertz CT molecular complexity index is 989. The summed E-state index contributed by atoms with van der Waals surface area (Å²) in [5, 5.41) is -0.424. The van der Waals surface area contributed by atoms with E-state index in [-0.39, 0.29) is 17.4 Å². The van der Waals surface area contributed by atoms with Crippen molar-refractivity contribution in [2.75, 3.05) is 7.11 Å². The molecule has 29 heavy (non-hydrogen) atoms. The Balaban J connectivity index is 1.69. The third-order valence-corrected chi connectivity index (χ3v) is 6.39. The molecule has 2 aliphatic rings. The second kappa shape index (κ2) is 7.85. The fourth-order valence-electron chi connectivity index (χ4n) is 3.43. The monoisotopic (exact) mass is 409 g/mol. The summed E-state index contributed by atoms with van der Waals surface area (Å²) >= 11 is 1.29. The van der Waals surface area contributed by atoms with Crippen molar-refractivity contribution in [3.05, 3.63) is 83.1 Å². The van der Waals surface area contributed by atoms with E-state index in [0.29, 0.717) is 16.7 Å². The number of methoxy groups -OCH3 is 1. The van der Waals surface area contributed by atoms with E-state index in [4.69, 9.17) is 9.47 Å². The Morgan fingerprint density at radius 1 is 0.966 bits per heavy atom. The van der Waals surface area contributed by atoms with Crippen molar-refractivity contribution in [1.29, 1.82) is 0 Å². The molecular formula is C22H19NO5S. The lowest BCUT2D eigenvalue weighted by molar-refractivity contribution is -0.158. The first kappa shape index (κ1) is 19.4. The largest absolute Gasteiger partial charge is 0.443 e. The van der Waals surface area contributed by atoms with E-state index in [1.54, 1.807) is 55.5 Å². The molecule has 1 fully saturated rings. The molecule has 3 atom stereocenters. The molecule has 2 aromatic rings. The number of thioether (sulfide) groups is 1. The zero-order valence-electron chi connectivity index (χ0n) is 15.9. The number of benzene rings is 2. The normalized spacial score (nSPS) is 23.3. The van der Waals surface area contributed by atoms with Gasteiger partial charge in [0, 0.05) is 18.2 Å². The molecule has 148 valence electrons. The molecule has 0 radical (unpaired) electrons. The minimum absolute atomic E-state index is 0.254.